The molecule has 0 saturated heterocycles. The molecule has 0 bridgehead atoms. The Hall–Kier alpha value is -1.16. The van der Waals surface area contributed by atoms with Crippen LogP contribution in [0.2, 0.25) is 0 Å². The lowest BCUT2D eigenvalue weighted by molar-refractivity contribution is 0.675. The van der Waals surface area contributed by atoms with Crippen molar-refractivity contribution in [1.29, 1.82) is 0 Å². The molecule has 0 spiro atoms. The van der Waals surface area contributed by atoms with Crippen LogP contribution in [0.25, 0.3) is 0 Å². The fourth-order valence-corrected chi connectivity index (χ4v) is 1.59. The first-order valence-electron chi connectivity index (χ1n) is 5.97. The van der Waals surface area contributed by atoms with Crippen molar-refractivity contribution in [3.8, 4) is 0 Å². The first kappa shape index (κ1) is 12.9. The van der Waals surface area contributed by atoms with Crippen LogP contribution in [0, 0.1) is 0 Å². The second kappa shape index (κ2) is 6.43. The normalized spacial score (nSPS) is 10.8. The molecule has 0 saturated carbocycles. The molecule has 16 heavy (non-hydrogen) atoms. The van der Waals surface area contributed by atoms with Crippen molar-refractivity contribution in [1.82, 2.24) is 15.3 Å². The number of hydrogen-bond acceptors (Lipinski definition) is 4. The molecule has 4 heteroatoms. The van der Waals surface area contributed by atoms with Gasteiger partial charge in [0.1, 0.15) is 0 Å². The smallest absolute Gasteiger partial charge is 0.225 e. The molecule has 0 radical (unpaired) electrons. The number of rotatable bonds is 6. The van der Waals surface area contributed by atoms with Gasteiger partial charge in [-0.05, 0) is 27.3 Å². The van der Waals surface area contributed by atoms with Crippen LogP contribution in [0.3, 0.4) is 0 Å². The summed E-state index contributed by atoms with van der Waals surface area (Å²) < 4.78 is 0. The number of nitrogens with one attached hydrogen (secondary N) is 1. The number of hydrogen-bond donors (Lipinski definition) is 1. The lowest BCUT2D eigenvalue weighted by atomic mass is 10.3. The average Bonchev–Trinajstić information content (AvgIpc) is 2.28. The van der Waals surface area contributed by atoms with Crippen LogP contribution < -0.4 is 10.2 Å². The minimum atomic E-state index is 0.435. The first-order chi connectivity index (χ1) is 7.69. The summed E-state index contributed by atoms with van der Waals surface area (Å²) in [5, 5.41) is 3.26. The zero-order chi connectivity index (χ0) is 12.0. The monoisotopic (exact) mass is 222 g/mol. The van der Waals surface area contributed by atoms with Crippen molar-refractivity contribution >= 4 is 5.95 Å². The van der Waals surface area contributed by atoms with Gasteiger partial charge in [0.05, 0.1) is 0 Å². The highest BCUT2D eigenvalue weighted by atomic mass is 15.3. The molecule has 1 heterocycles. The molecule has 1 aromatic rings. The molecule has 90 valence electrons. The van der Waals surface area contributed by atoms with Crippen LogP contribution >= 0.6 is 0 Å². The SMILES string of the molecule is CCNCc1cnc(N(CC)C(C)C)nc1. The zero-order valence-corrected chi connectivity index (χ0v) is 10.7. The van der Waals surface area contributed by atoms with Gasteiger partial charge in [0, 0.05) is 37.1 Å². The van der Waals surface area contributed by atoms with E-state index >= 15 is 0 Å². The van der Waals surface area contributed by atoms with E-state index in [1.807, 2.05) is 12.4 Å². The van der Waals surface area contributed by atoms with Gasteiger partial charge in [-0.3, -0.25) is 0 Å². The van der Waals surface area contributed by atoms with Crippen molar-refractivity contribution in [3.63, 3.8) is 0 Å². The van der Waals surface area contributed by atoms with Crippen molar-refractivity contribution in [2.45, 2.75) is 40.3 Å². The summed E-state index contributed by atoms with van der Waals surface area (Å²) >= 11 is 0. The van der Waals surface area contributed by atoms with Crippen LogP contribution in [0.1, 0.15) is 33.3 Å². The quantitative estimate of drug-likeness (QED) is 0.797. The van der Waals surface area contributed by atoms with Gasteiger partial charge in [-0.15, -0.1) is 0 Å². The molecule has 0 fully saturated rings. The van der Waals surface area contributed by atoms with Crippen molar-refractivity contribution < 1.29 is 0 Å². The van der Waals surface area contributed by atoms with E-state index in [-0.39, 0.29) is 0 Å². The maximum absolute atomic E-state index is 4.40. The molecule has 0 amide bonds. The van der Waals surface area contributed by atoms with Crippen LogP contribution in [0.5, 0.6) is 0 Å². The lowest BCUT2D eigenvalue weighted by Gasteiger charge is -2.24. The molecule has 0 unspecified atom stereocenters. The van der Waals surface area contributed by atoms with Gasteiger partial charge >= 0.3 is 0 Å². The number of aromatic nitrogens is 2. The molecule has 0 aliphatic rings. The highest BCUT2D eigenvalue weighted by Crippen LogP contribution is 2.10. The Morgan fingerprint density at radius 3 is 2.31 bits per heavy atom. The van der Waals surface area contributed by atoms with E-state index < -0.39 is 0 Å². The average molecular weight is 222 g/mol. The van der Waals surface area contributed by atoms with Crippen molar-refractivity contribution in [3.05, 3.63) is 18.0 Å². The summed E-state index contributed by atoms with van der Waals surface area (Å²) in [4.78, 5) is 11.0. The second-order valence-electron chi connectivity index (χ2n) is 4.05. The molecule has 0 aliphatic carbocycles. The van der Waals surface area contributed by atoms with Gasteiger partial charge in [-0.2, -0.15) is 0 Å². The molecule has 0 aromatic carbocycles. The molecule has 0 atom stereocenters. The third kappa shape index (κ3) is 3.45. The summed E-state index contributed by atoms with van der Waals surface area (Å²) in [6, 6.07) is 0.435. The van der Waals surface area contributed by atoms with Crippen LogP contribution in [-0.2, 0) is 6.54 Å². The summed E-state index contributed by atoms with van der Waals surface area (Å²) in [6.07, 6.45) is 3.80. The highest BCUT2D eigenvalue weighted by Gasteiger charge is 2.10. The van der Waals surface area contributed by atoms with Gasteiger partial charge in [-0.1, -0.05) is 6.92 Å². The van der Waals surface area contributed by atoms with E-state index in [0.29, 0.717) is 6.04 Å². The molecule has 1 rings (SSSR count). The van der Waals surface area contributed by atoms with E-state index in [2.05, 4.69) is 47.9 Å². The Balaban J connectivity index is 2.69. The molecule has 1 aromatic heterocycles. The van der Waals surface area contributed by atoms with Gasteiger partial charge < -0.3 is 10.2 Å². The molecule has 4 nitrogen and oxygen atoms in total. The van der Waals surface area contributed by atoms with Gasteiger partial charge in [0.25, 0.3) is 0 Å². The topological polar surface area (TPSA) is 41.1 Å². The highest BCUT2D eigenvalue weighted by molar-refractivity contribution is 5.30. The van der Waals surface area contributed by atoms with Crippen LogP contribution in [0.4, 0.5) is 5.95 Å². The summed E-state index contributed by atoms with van der Waals surface area (Å²) in [5.41, 5.74) is 1.13. The van der Waals surface area contributed by atoms with E-state index in [1.165, 1.54) is 0 Å². The fraction of sp³-hybridized carbons (Fsp3) is 0.667. The molecule has 0 aliphatic heterocycles. The fourth-order valence-electron chi connectivity index (χ4n) is 1.59. The van der Waals surface area contributed by atoms with Gasteiger partial charge in [0.2, 0.25) is 5.95 Å². The van der Waals surface area contributed by atoms with E-state index in [9.17, 15) is 0 Å². The minimum Gasteiger partial charge on any atom is -0.339 e. The Morgan fingerprint density at radius 1 is 1.25 bits per heavy atom. The van der Waals surface area contributed by atoms with E-state index in [0.717, 1.165) is 31.1 Å². The van der Waals surface area contributed by atoms with Crippen molar-refractivity contribution in [2.24, 2.45) is 0 Å². The van der Waals surface area contributed by atoms with E-state index in [1.54, 1.807) is 0 Å². The summed E-state index contributed by atoms with van der Waals surface area (Å²) in [6.45, 7) is 11.3. The Bertz CT molecular complexity index is 294. The third-order valence-corrected chi connectivity index (χ3v) is 2.49. The lowest BCUT2D eigenvalue weighted by Crippen LogP contribution is -2.32. The Kier molecular flexibility index (Phi) is 5.19. The minimum absolute atomic E-state index is 0.435. The molecule has 1 N–H and O–H groups in total. The van der Waals surface area contributed by atoms with Crippen molar-refractivity contribution in [2.75, 3.05) is 18.0 Å². The summed E-state index contributed by atoms with van der Waals surface area (Å²) in [5.74, 6) is 0.817. The first-order valence-corrected chi connectivity index (χ1v) is 5.97. The zero-order valence-electron chi connectivity index (χ0n) is 10.7. The summed E-state index contributed by atoms with van der Waals surface area (Å²) in [7, 11) is 0. The molecular formula is C12H22N4. The molecular weight excluding hydrogens is 200 g/mol. The standard InChI is InChI=1S/C12H22N4/c1-5-13-7-11-8-14-12(15-9-11)16(6-2)10(3)4/h8-10,13H,5-7H2,1-4H3. The number of anilines is 1. The second-order valence-corrected chi connectivity index (χ2v) is 4.05. The predicted molar refractivity (Wildman–Crippen MR) is 67.6 cm³/mol. The Labute approximate surface area is 98.1 Å². The maximum Gasteiger partial charge on any atom is 0.225 e. The number of nitrogens with zero attached hydrogens (tertiary/aromatic N) is 3. The largest absolute Gasteiger partial charge is 0.339 e. The van der Waals surface area contributed by atoms with Crippen LogP contribution in [0.15, 0.2) is 12.4 Å². The van der Waals surface area contributed by atoms with E-state index in [4.69, 9.17) is 0 Å². The van der Waals surface area contributed by atoms with Crippen LogP contribution in [-0.4, -0.2) is 29.1 Å². The maximum atomic E-state index is 4.40. The Morgan fingerprint density at radius 2 is 1.88 bits per heavy atom. The predicted octanol–water partition coefficient (Wildman–Crippen LogP) is 1.82. The van der Waals surface area contributed by atoms with Gasteiger partial charge in [0.15, 0.2) is 0 Å². The van der Waals surface area contributed by atoms with Gasteiger partial charge in [-0.25, -0.2) is 9.97 Å². The third-order valence-electron chi connectivity index (χ3n) is 2.49.